The van der Waals surface area contributed by atoms with E-state index in [1.165, 1.54) is 26.2 Å². The number of benzene rings is 3. The van der Waals surface area contributed by atoms with Crippen molar-refractivity contribution in [1.82, 2.24) is 9.80 Å². The molecule has 1 aliphatic rings. The number of methoxy groups -OCH3 is 3. The van der Waals surface area contributed by atoms with Gasteiger partial charge in [-0.2, -0.15) is 0 Å². The predicted octanol–water partition coefficient (Wildman–Crippen LogP) is 5.36. The summed E-state index contributed by atoms with van der Waals surface area (Å²) < 4.78 is 22.6. The minimum Gasteiger partial charge on any atom is -0.507 e. The number of likely N-dealkylation sites (N-methyl/N-ethyl adjacent to an activating group) is 1. The van der Waals surface area contributed by atoms with Crippen molar-refractivity contribution in [3.8, 4) is 23.0 Å². The van der Waals surface area contributed by atoms with Crippen LogP contribution in [0, 0.1) is 6.92 Å². The van der Waals surface area contributed by atoms with Gasteiger partial charge in [-0.25, -0.2) is 0 Å². The average Bonchev–Trinajstić information content (AvgIpc) is 3.28. The largest absolute Gasteiger partial charge is 0.507 e. The molecule has 1 saturated heterocycles. The zero-order valence-corrected chi connectivity index (χ0v) is 25.7. The number of hydrogen-bond donors (Lipinski definition) is 1. The number of nitrogens with zero attached hydrogens (tertiary/aromatic N) is 2. The second kappa shape index (κ2) is 14.1. The normalized spacial score (nSPS) is 16.1. The Morgan fingerprint density at radius 3 is 2.12 bits per heavy atom. The molecule has 0 aromatic heterocycles. The number of Topliss-reactive ketones (excluding diaryl/α,β-unsaturated/α-hetero) is 1. The van der Waals surface area contributed by atoms with E-state index in [-0.39, 0.29) is 17.9 Å². The summed E-state index contributed by atoms with van der Waals surface area (Å²) >= 11 is 0. The first kappa shape index (κ1) is 31.4. The molecule has 1 aliphatic heterocycles. The number of likely N-dealkylation sites (tertiary alicyclic amines) is 1. The van der Waals surface area contributed by atoms with Crippen molar-refractivity contribution in [3.63, 3.8) is 0 Å². The fourth-order valence-electron chi connectivity index (χ4n) is 5.38. The Morgan fingerprint density at radius 2 is 1.56 bits per heavy atom. The van der Waals surface area contributed by atoms with Crippen LogP contribution in [0.15, 0.2) is 66.2 Å². The molecular formula is C34H40N2O7. The van der Waals surface area contributed by atoms with E-state index in [0.29, 0.717) is 52.8 Å². The van der Waals surface area contributed by atoms with Crippen molar-refractivity contribution in [2.24, 2.45) is 0 Å². The maximum Gasteiger partial charge on any atom is 0.295 e. The molecule has 3 aromatic rings. The minimum atomic E-state index is -0.877. The molecule has 0 aliphatic carbocycles. The lowest BCUT2D eigenvalue weighted by Crippen LogP contribution is -2.38. The molecule has 43 heavy (non-hydrogen) atoms. The van der Waals surface area contributed by atoms with E-state index in [1.54, 1.807) is 24.3 Å². The summed E-state index contributed by atoms with van der Waals surface area (Å²) in [6, 6.07) is 17.6. The Kier molecular flexibility index (Phi) is 10.3. The minimum absolute atomic E-state index is 0.000117. The Bertz CT molecular complexity index is 1460. The molecule has 1 heterocycles. The lowest BCUT2D eigenvalue weighted by Gasteiger charge is -2.29. The van der Waals surface area contributed by atoms with Gasteiger partial charge in [0, 0.05) is 18.7 Å². The maximum absolute atomic E-state index is 13.6. The molecule has 228 valence electrons. The molecule has 1 N–H and O–H groups in total. The van der Waals surface area contributed by atoms with Crippen LogP contribution in [0.1, 0.15) is 42.1 Å². The van der Waals surface area contributed by atoms with E-state index in [0.717, 1.165) is 18.7 Å². The molecule has 9 heteroatoms. The zero-order valence-electron chi connectivity index (χ0n) is 25.7. The smallest absolute Gasteiger partial charge is 0.295 e. The summed E-state index contributed by atoms with van der Waals surface area (Å²) in [5.41, 5.74) is 2.71. The Balaban J connectivity index is 1.79. The number of rotatable bonds is 13. The molecule has 1 atom stereocenters. The average molecular weight is 589 g/mol. The number of aliphatic hydroxyl groups excluding tert-OH is 1. The first-order valence-corrected chi connectivity index (χ1v) is 14.4. The first-order chi connectivity index (χ1) is 20.8. The third kappa shape index (κ3) is 6.62. The molecule has 0 saturated carbocycles. The number of aryl methyl sites for hydroxylation is 1. The number of hydrogen-bond acceptors (Lipinski definition) is 8. The highest BCUT2D eigenvalue weighted by Crippen LogP contribution is 2.46. The molecule has 1 unspecified atom stereocenters. The molecular weight excluding hydrogens is 548 g/mol. The van der Waals surface area contributed by atoms with Crippen molar-refractivity contribution in [2.45, 2.75) is 33.4 Å². The number of aliphatic hydroxyl groups is 1. The summed E-state index contributed by atoms with van der Waals surface area (Å²) in [6.07, 6.45) is 0. The highest BCUT2D eigenvalue weighted by atomic mass is 16.5. The molecule has 0 radical (unpaired) electrons. The molecule has 1 fully saturated rings. The fourth-order valence-corrected chi connectivity index (χ4v) is 5.38. The van der Waals surface area contributed by atoms with E-state index in [1.807, 2.05) is 57.2 Å². The topological polar surface area (TPSA) is 97.8 Å². The van der Waals surface area contributed by atoms with Gasteiger partial charge in [-0.15, -0.1) is 0 Å². The Labute approximate surface area is 253 Å². The molecule has 0 spiro atoms. The molecule has 4 rings (SSSR count). The highest BCUT2D eigenvalue weighted by molar-refractivity contribution is 6.46. The van der Waals surface area contributed by atoms with Crippen LogP contribution in [-0.2, 0) is 16.2 Å². The van der Waals surface area contributed by atoms with Crippen LogP contribution < -0.4 is 18.9 Å². The molecule has 9 nitrogen and oxygen atoms in total. The standard InChI is InChI=1S/C34H40N2O7/c1-7-35(8-2)16-17-36-30(24-19-27(40-4)33(42-6)28(20-24)41-5)29(32(38)34(36)39)31(37)26-15-14-25(18-22(26)3)43-21-23-12-10-9-11-13-23/h9-15,18-20,30,37H,7-8,16-17,21H2,1-6H3/b31-29+. The van der Waals surface area contributed by atoms with Crippen LogP contribution in [0.3, 0.4) is 0 Å². The van der Waals surface area contributed by atoms with Gasteiger partial charge >= 0.3 is 0 Å². The molecule has 3 aromatic carbocycles. The summed E-state index contributed by atoms with van der Waals surface area (Å²) in [4.78, 5) is 30.8. The second-order valence-corrected chi connectivity index (χ2v) is 10.2. The number of ether oxygens (including phenoxy) is 4. The van der Waals surface area contributed by atoms with Crippen molar-refractivity contribution in [2.75, 3.05) is 47.5 Å². The van der Waals surface area contributed by atoms with Gasteiger partial charge in [0.2, 0.25) is 5.75 Å². The van der Waals surface area contributed by atoms with Gasteiger partial charge in [0.05, 0.1) is 32.9 Å². The van der Waals surface area contributed by atoms with E-state index >= 15 is 0 Å². The van der Waals surface area contributed by atoms with Crippen LogP contribution >= 0.6 is 0 Å². The van der Waals surface area contributed by atoms with Gasteiger partial charge < -0.3 is 33.9 Å². The summed E-state index contributed by atoms with van der Waals surface area (Å²) in [5.74, 6) is 0.0844. The maximum atomic E-state index is 13.6. The van der Waals surface area contributed by atoms with Crippen LogP contribution in [0.2, 0.25) is 0 Å². The Morgan fingerprint density at radius 1 is 0.907 bits per heavy atom. The van der Waals surface area contributed by atoms with Gasteiger partial charge in [-0.1, -0.05) is 44.2 Å². The van der Waals surface area contributed by atoms with Gasteiger partial charge in [-0.3, -0.25) is 9.59 Å². The van der Waals surface area contributed by atoms with Gasteiger partial charge in [0.25, 0.3) is 11.7 Å². The van der Waals surface area contributed by atoms with E-state index < -0.39 is 17.7 Å². The second-order valence-electron chi connectivity index (χ2n) is 10.2. The third-order valence-electron chi connectivity index (χ3n) is 7.80. The summed E-state index contributed by atoms with van der Waals surface area (Å²) in [7, 11) is 4.51. The van der Waals surface area contributed by atoms with E-state index in [4.69, 9.17) is 18.9 Å². The van der Waals surface area contributed by atoms with E-state index in [2.05, 4.69) is 4.90 Å². The quantitative estimate of drug-likeness (QED) is 0.162. The number of carbonyl (C=O) groups is 2. The fraction of sp³-hybridized carbons (Fsp3) is 0.353. The van der Waals surface area contributed by atoms with Crippen molar-refractivity contribution >= 4 is 17.4 Å². The Hall–Kier alpha value is -4.50. The van der Waals surface area contributed by atoms with Crippen LogP contribution in [0.4, 0.5) is 0 Å². The first-order valence-electron chi connectivity index (χ1n) is 14.4. The van der Waals surface area contributed by atoms with Crippen LogP contribution in [0.5, 0.6) is 23.0 Å². The van der Waals surface area contributed by atoms with Crippen LogP contribution in [0.25, 0.3) is 5.76 Å². The van der Waals surface area contributed by atoms with Gasteiger partial charge in [0.1, 0.15) is 18.1 Å². The zero-order chi connectivity index (χ0) is 31.1. The van der Waals surface area contributed by atoms with Crippen LogP contribution in [-0.4, -0.2) is 74.1 Å². The van der Waals surface area contributed by atoms with Gasteiger partial charge in [0.15, 0.2) is 11.5 Å². The lowest BCUT2D eigenvalue weighted by molar-refractivity contribution is -0.140. The SMILES string of the molecule is CCN(CC)CCN1C(=O)C(=O)/C(=C(/O)c2ccc(OCc3ccccc3)cc2C)C1c1cc(OC)c(OC)c(OC)c1. The van der Waals surface area contributed by atoms with E-state index in [9.17, 15) is 14.7 Å². The van der Waals surface area contributed by atoms with Crippen molar-refractivity contribution < 1.29 is 33.6 Å². The van der Waals surface area contributed by atoms with Gasteiger partial charge in [-0.05, 0) is 67.0 Å². The summed E-state index contributed by atoms with van der Waals surface area (Å²) in [5, 5.41) is 11.7. The number of carbonyl (C=O) groups excluding carboxylic acids is 2. The number of ketones is 1. The highest BCUT2D eigenvalue weighted by Gasteiger charge is 2.46. The molecule has 1 amide bonds. The third-order valence-corrected chi connectivity index (χ3v) is 7.80. The lowest BCUT2D eigenvalue weighted by atomic mass is 9.93. The monoisotopic (exact) mass is 588 g/mol. The predicted molar refractivity (Wildman–Crippen MR) is 165 cm³/mol. The molecule has 0 bridgehead atoms. The van der Waals surface area contributed by atoms with Crippen molar-refractivity contribution in [1.29, 1.82) is 0 Å². The van der Waals surface area contributed by atoms with Crippen molar-refractivity contribution in [3.05, 3.63) is 88.5 Å². The number of amides is 1. The summed E-state index contributed by atoms with van der Waals surface area (Å²) in [6.45, 7) is 8.76.